The number of hydrogen-bond donors (Lipinski definition) is 5. The molecular formula is C41H61IN4O7Si. The second-order valence-corrected chi connectivity index (χ2v) is 24.0. The van der Waals surface area contributed by atoms with Crippen molar-refractivity contribution >= 4 is 59.8 Å². The number of fused-ring (bicyclic) bond motifs is 1. The van der Waals surface area contributed by atoms with E-state index in [4.69, 9.17) is 9.16 Å². The van der Waals surface area contributed by atoms with Gasteiger partial charge in [0.25, 0.3) is 14.2 Å². The minimum atomic E-state index is -2.42. The molecule has 5 N–H and O–H groups in total. The number of aliphatic hydroxyl groups excluding tert-OH is 1. The van der Waals surface area contributed by atoms with Gasteiger partial charge in [0.05, 0.1) is 3.70 Å². The van der Waals surface area contributed by atoms with Gasteiger partial charge in [-0.2, -0.15) is 0 Å². The molecule has 4 rings (SSSR count). The average Bonchev–Trinajstić information content (AvgIpc) is 3.38. The van der Waals surface area contributed by atoms with Crippen LogP contribution in [0.25, 0.3) is 22.0 Å². The number of halogens is 1. The number of aliphatic carboxylic acids is 1. The molecule has 1 aliphatic heterocycles. The molecule has 1 saturated heterocycles. The van der Waals surface area contributed by atoms with E-state index >= 15 is 0 Å². The van der Waals surface area contributed by atoms with Gasteiger partial charge in [-0.25, -0.2) is 10.2 Å². The Hall–Kier alpha value is -3.14. The molecule has 11 nitrogen and oxygen atoms in total. The smallest absolute Gasteiger partial charge is 0.408 e. The summed E-state index contributed by atoms with van der Waals surface area (Å²) in [6, 6.07) is 10.4. The number of carboxylic acids is 1. The lowest BCUT2D eigenvalue weighted by atomic mass is 9.86. The highest BCUT2D eigenvalue weighted by atomic mass is 127. The number of aliphatic hydroxyl groups is 1. The van der Waals surface area contributed by atoms with Gasteiger partial charge < -0.3 is 29.7 Å². The van der Waals surface area contributed by atoms with Crippen LogP contribution < -0.4 is 15.2 Å². The van der Waals surface area contributed by atoms with E-state index in [-0.39, 0.29) is 18.4 Å². The highest BCUT2D eigenvalue weighted by molar-refractivity contribution is 14.1. The van der Waals surface area contributed by atoms with Gasteiger partial charge in [-0.15, -0.1) is 0 Å². The number of hydrogen-bond acceptors (Lipinski definition) is 7. The van der Waals surface area contributed by atoms with Gasteiger partial charge in [-0.3, -0.25) is 14.6 Å². The molecule has 0 spiro atoms. The third-order valence-electron chi connectivity index (χ3n) is 10.4. The minimum absolute atomic E-state index is 0.0620. The molecule has 0 bridgehead atoms. The molecule has 0 aliphatic carbocycles. The first-order valence-corrected chi connectivity index (χ1v) is 22.3. The number of aromatic amines is 1. The summed E-state index contributed by atoms with van der Waals surface area (Å²) in [5, 5.41) is 25.0. The first-order valence-electron chi connectivity index (χ1n) is 19.1. The van der Waals surface area contributed by atoms with Crippen molar-refractivity contribution in [3.63, 3.8) is 0 Å². The molecule has 2 aromatic carbocycles. The van der Waals surface area contributed by atoms with Gasteiger partial charge in [0.15, 0.2) is 0 Å². The van der Waals surface area contributed by atoms with Crippen LogP contribution in [0.3, 0.4) is 0 Å². The van der Waals surface area contributed by atoms with E-state index in [1.54, 1.807) is 20.8 Å². The average molecular weight is 877 g/mol. The summed E-state index contributed by atoms with van der Waals surface area (Å²) >= 11 is 2.33. The molecule has 2 amide bonds. The zero-order chi connectivity index (χ0) is 40.3. The van der Waals surface area contributed by atoms with Gasteiger partial charge in [0.1, 0.15) is 23.4 Å². The summed E-state index contributed by atoms with van der Waals surface area (Å²) in [7, 11) is -2.42. The molecule has 1 aliphatic rings. The second-order valence-electron chi connectivity index (χ2n) is 17.5. The van der Waals surface area contributed by atoms with Gasteiger partial charge in [0.2, 0.25) is 0 Å². The van der Waals surface area contributed by atoms with Crippen LogP contribution in [0.2, 0.25) is 16.6 Å². The van der Waals surface area contributed by atoms with Crippen molar-refractivity contribution in [2.45, 2.75) is 136 Å². The van der Waals surface area contributed by atoms with Gasteiger partial charge in [-0.05, 0) is 131 Å². The Bertz CT molecular complexity index is 1790. The maximum Gasteiger partial charge on any atom is 0.408 e. The fourth-order valence-electron chi connectivity index (χ4n) is 7.86. The van der Waals surface area contributed by atoms with Crippen LogP contribution in [0.1, 0.15) is 100 Å². The Kier molecular flexibility index (Phi) is 14.0. The van der Waals surface area contributed by atoms with Crippen LogP contribution >= 0.6 is 22.6 Å². The minimum Gasteiger partial charge on any atom is -0.543 e. The van der Waals surface area contributed by atoms with Crippen molar-refractivity contribution in [1.29, 1.82) is 0 Å². The lowest BCUT2D eigenvalue weighted by molar-refractivity contribution is -0.147. The van der Waals surface area contributed by atoms with Crippen LogP contribution in [0.15, 0.2) is 36.4 Å². The lowest BCUT2D eigenvalue weighted by Gasteiger charge is -2.42. The van der Waals surface area contributed by atoms with Crippen molar-refractivity contribution in [3.05, 3.63) is 51.2 Å². The summed E-state index contributed by atoms with van der Waals surface area (Å²) in [5.41, 5.74) is 7.48. The van der Waals surface area contributed by atoms with Crippen molar-refractivity contribution < 1.29 is 33.8 Å². The fourth-order valence-corrected chi connectivity index (χ4v) is 13.9. The first-order chi connectivity index (χ1) is 25.1. The molecule has 3 aromatic rings. The van der Waals surface area contributed by atoms with Crippen molar-refractivity contribution in [3.8, 4) is 16.9 Å². The van der Waals surface area contributed by atoms with Crippen LogP contribution in [0.4, 0.5) is 4.79 Å². The number of rotatable bonds is 14. The molecule has 1 unspecified atom stereocenters. The molecule has 0 saturated carbocycles. The number of carboxylic acid groups (broad SMARTS) is 1. The van der Waals surface area contributed by atoms with E-state index in [1.807, 2.05) is 12.1 Å². The quantitative estimate of drug-likeness (QED) is 0.0798. The summed E-state index contributed by atoms with van der Waals surface area (Å²) < 4.78 is 13.9. The molecule has 13 heteroatoms. The number of carbonyl (C=O) groups excluding carboxylic acids is 2. The molecule has 2 heterocycles. The number of carbonyl (C=O) groups is 3. The number of benzene rings is 2. The molecule has 0 radical (unpaired) electrons. The predicted octanol–water partition coefficient (Wildman–Crippen LogP) is 8.57. The first kappa shape index (κ1) is 43.6. The second kappa shape index (κ2) is 17.3. The number of amides is 2. The largest absolute Gasteiger partial charge is 0.543 e. The Labute approximate surface area is 335 Å². The standard InChI is InChI=1S/C41H61IN4O7Si/c1-24(2)54(25(3)4,26(5)6)53-30-18-27(17-29(20-30)28-14-15-33-31(21-28)32(36(42)43-33)22-41(10,11)23-47)19-35(44-39(51)52-40(7,8)9)37(48)46-16-12-13-34(45-46)38(49)50/h14-15,17-18,20-21,24-26,34-35,43,45,47H,12-13,16,19,22-23H2,1-11H3,(H,44,51)(H,49,50)/t34?,35-/m0/s1. The molecule has 1 aromatic heterocycles. The molecule has 1 fully saturated rings. The predicted molar refractivity (Wildman–Crippen MR) is 225 cm³/mol. The van der Waals surface area contributed by atoms with Gasteiger partial charge in [0, 0.05) is 30.5 Å². The summed E-state index contributed by atoms with van der Waals surface area (Å²) in [6.07, 6.45) is 0.961. The number of aromatic nitrogens is 1. The lowest BCUT2D eigenvalue weighted by Crippen LogP contribution is -2.60. The monoisotopic (exact) mass is 876 g/mol. The SMILES string of the molecule is CC(C)[Si](Oc1cc(C[C@H](NC(=O)OC(C)(C)C)C(=O)N2CCCC(C(=O)O)N2)cc(-c2ccc3[nH]c(I)c(CC(C)(C)CO)c3c2)c1)(C(C)C)C(C)C. The van der Waals surface area contributed by atoms with Crippen molar-refractivity contribution in [1.82, 2.24) is 20.7 Å². The Balaban J connectivity index is 1.87. The molecule has 298 valence electrons. The summed E-state index contributed by atoms with van der Waals surface area (Å²) in [4.78, 5) is 42.8. The Morgan fingerprint density at radius 1 is 0.981 bits per heavy atom. The number of H-pyrrole nitrogens is 1. The van der Waals surface area contributed by atoms with E-state index in [9.17, 15) is 24.6 Å². The number of nitrogens with zero attached hydrogens (tertiary/aromatic N) is 1. The maximum atomic E-state index is 14.2. The number of hydrazine groups is 1. The van der Waals surface area contributed by atoms with Gasteiger partial charge >= 0.3 is 12.1 Å². The number of ether oxygens (including phenoxy) is 1. The number of alkyl carbamates (subject to hydrolysis) is 1. The fraction of sp³-hybridized carbons (Fsp3) is 0.585. The topological polar surface area (TPSA) is 153 Å². The van der Waals surface area contributed by atoms with Crippen LogP contribution in [-0.2, 0) is 27.2 Å². The third-order valence-corrected chi connectivity index (χ3v) is 17.3. The Morgan fingerprint density at radius 2 is 1.63 bits per heavy atom. The Morgan fingerprint density at radius 3 is 2.20 bits per heavy atom. The molecular weight excluding hydrogens is 815 g/mol. The molecule has 2 atom stereocenters. The third kappa shape index (κ3) is 10.4. The van der Waals surface area contributed by atoms with E-state index in [0.29, 0.717) is 48.2 Å². The van der Waals surface area contributed by atoms with Crippen LogP contribution in [0, 0.1) is 9.12 Å². The van der Waals surface area contributed by atoms with E-state index in [2.05, 4.69) is 118 Å². The zero-order valence-corrected chi connectivity index (χ0v) is 37.0. The van der Waals surface area contributed by atoms with Crippen LogP contribution in [0.5, 0.6) is 5.75 Å². The van der Waals surface area contributed by atoms with Gasteiger partial charge in [-0.1, -0.05) is 67.5 Å². The van der Waals surface area contributed by atoms with E-state index < -0.39 is 44.0 Å². The number of nitrogens with one attached hydrogen (secondary N) is 3. The normalized spacial score (nSPS) is 16.3. The van der Waals surface area contributed by atoms with E-state index in [1.165, 1.54) is 5.01 Å². The van der Waals surface area contributed by atoms with Crippen LogP contribution in [-0.4, -0.2) is 77.3 Å². The maximum absolute atomic E-state index is 14.2. The highest BCUT2D eigenvalue weighted by Gasteiger charge is 2.47. The highest BCUT2D eigenvalue weighted by Crippen LogP contribution is 2.44. The summed E-state index contributed by atoms with van der Waals surface area (Å²) in [6.45, 7) is 23.2. The zero-order valence-electron chi connectivity index (χ0n) is 33.9. The molecule has 54 heavy (non-hydrogen) atoms. The summed E-state index contributed by atoms with van der Waals surface area (Å²) in [5.74, 6) is -0.778. The van der Waals surface area contributed by atoms with Crippen molar-refractivity contribution in [2.75, 3.05) is 13.2 Å². The van der Waals surface area contributed by atoms with Crippen molar-refractivity contribution in [2.24, 2.45) is 5.41 Å². The van der Waals surface area contributed by atoms with E-state index in [0.717, 1.165) is 36.9 Å².